The second kappa shape index (κ2) is 15.4. The Bertz CT molecular complexity index is 622. The quantitative estimate of drug-likeness (QED) is 0.246. The molecule has 0 bridgehead atoms. The fourth-order valence-electron chi connectivity index (χ4n) is 3.30. The Labute approximate surface area is 187 Å². The van der Waals surface area contributed by atoms with E-state index in [4.69, 9.17) is 11.8 Å². The van der Waals surface area contributed by atoms with E-state index in [0.29, 0.717) is 58.9 Å². The van der Waals surface area contributed by atoms with E-state index in [1.54, 1.807) is 9.80 Å². The summed E-state index contributed by atoms with van der Waals surface area (Å²) in [6.07, 6.45) is 0. The molecule has 184 valence electrons. The molecule has 1 fully saturated rings. The minimum Gasteiger partial charge on any atom is -0.480 e. The van der Waals surface area contributed by atoms with Crippen LogP contribution in [0.15, 0.2) is 0 Å². The number of carbonyl (C=O) groups is 4. The third-order valence-electron chi connectivity index (χ3n) is 5.00. The molecule has 6 N–H and O–H groups in total. The second-order valence-electron chi connectivity index (χ2n) is 7.43. The van der Waals surface area contributed by atoms with Gasteiger partial charge in [0, 0.05) is 58.9 Å². The van der Waals surface area contributed by atoms with E-state index < -0.39 is 17.9 Å². The number of nitrogens with zero attached hydrogens (tertiary/aromatic N) is 4. The highest BCUT2D eigenvalue weighted by atomic mass is 16.7. The summed E-state index contributed by atoms with van der Waals surface area (Å²) in [6.45, 7) is 5.50. The molecule has 0 aromatic heterocycles. The fraction of sp³-hybridized carbons (Fsp3) is 0.778. The number of carboxylic acids is 1. The zero-order valence-corrected chi connectivity index (χ0v) is 18.5. The summed E-state index contributed by atoms with van der Waals surface area (Å²) in [5, 5.41) is 12.0. The highest BCUT2D eigenvalue weighted by Gasteiger charge is 2.21. The van der Waals surface area contributed by atoms with Gasteiger partial charge in [-0.3, -0.25) is 29.2 Å². The first-order chi connectivity index (χ1) is 15.3. The van der Waals surface area contributed by atoms with Crippen LogP contribution >= 0.6 is 0 Å². The number of aliphatic carboxylic acids is 1. The first-order valence-corrected chi connectivity index (χ1v) is 10.4. The van der Waals surface area contributed by atoms with Crippen molar-refractivity contribution in [2.75, 3.05) is 85.1 Å². The van der Waals surface area contributed by atoms with Crippen LogP contribution in [0.1, 0.15) is 6.92 Å². The zero-order chi connectivity index (χ0) is 23.9. The standard InChI is InChI=1S/C18H35N7O7/c1-2-21-15(26)11-22-3-5-23(12-16(27)28)6-8-25(14-18(30)32-20)10-9-24(7-4-22)13-17(29)31-19/h2-14,19-20H2,1H3,(H,21,26)(H,27,28). The SMILES string of the molecule is CCNC(=O)CN1CCN(CC(=O)O)CCN(CC(=O)ON)CCN(CC(=O)ON)CC1. The van der Waals surface area contributed by atoms with Crippen molar-refractivity contribution in [2.45, 2.75) is 6.92 Å². The van der Waals surface area contributed by atoms with Gasteiger partial charge in [0.15, 0.2) is 0 Å². The summed E-state index contributed by atoms with van der Waals surface area (Å²) >= 11 is 0. The van der Waals surface area contributed by atoms with Crippen molar-refractivity contribution in [2.24, 2.45) is 11.8 Å². The van der Waals surface area contributed by atoms with Crippen molar-refractivity contribution >= 4 is 23.8 Å². The molecular formula is C18H35N7O7. The average molecular weight is 462 g/mol. The molecule has 32 heavy (non-hydrogen) atoms. The molecule has 0 spiro atoms. The maximum absolute atomic E-state index is 12.1. The summed E-state index contributed by atoms with van der Waals surface area (Å²) < 4.78 is 0. The number of hydrogen-bond acceptors (Lipinski definition) is 12. The Morgan fingerprint density at radius 1 is 0.719 bits per heavy atom. The predicted octanol–water partition coefficient (Wildman–Crippen LogP) is -3.74. The number of amides is 1. The number of likely N-dealkylation sites (N-methyl/N-ethyl adjacent to an activating group) is 1. The third kappa shape index (κ3) is 11.9. The molecule has 0 saturated carbocycles. The van der Waals surface area contributed by atoms with Crippen LogP contribution in [0, 0.1) is 0 Å². The Hall–Kier alpha value is -2.36. The molecule has 1 saturated heterocycles. The van der Waals surface area contributed by atoms with Crippen LogP contribution in [-0.4, -0.2) is 134 Å². The molecule has 1 heterocycles. The summed E-state index contributed by atoms with van der Waals surface area (Å²) in [7, 11) is 0. The minimum atomic E-state index is -0.966. The number of nitrogens with two attached hydrogens (primary N) is 2. The molecule has 0 aromatic rings. The molecule has 1 aliphatic rings. The highest BCUT2D eigenvalue weighted by molar-refractivity contribution is 5.78. The number of hydrogen-bond donors (Lipinski definition) is 4. The van der Waals surface area contributed by atoms with Crippen molar-refractivity contribution in [3.8, 4) is 0 Å². The molecule has 0 unspecified atom stereocenters. The average Bonchev–Trinajstić information content (AvgIpc) is 2.74. The first kappa shape index (κ1) is 27.7. The number of rotatable bonds is 9. The van der Waals surface area contributed by atoms with E-state index in [1.165, 1.54) is 0 Å². The van der Waals surface area contributed by atoms with Crippen molar-refractivity contribution in [1.29, 1.82) is 0 Å². The first-order valence-electron chi connectivity index (χ1n) is 10.4. The Kier molecular flexibility index (Phi) is 13.4. The van der Waals surface area contributed by atoms with Gasteiger partial charge in [0.2, 0.25) is 5.91 Å². The van der Waals surface area contributed by atoms with E-state index in [0.717, 1.165) is 0 Å². The molecule has 1 aliphatic heterocycles. The van der Waals surface area contributed by atoms with Crippen LogP contribution in [0.25, 0.3) is 0 Å². The van der Waals surface area contributed by atoms with Crippen LogP contribution in [-0.2, 0) is 28.9 Å². The van der Waals surface area contributed by atoms with Gasteiger partial charge in [0.1, 0.15) is 0 Å². The van der Waals surface area contributed by atoms with E-state index in [1.807, 2.05) is 16.7 Å². The van der Waals surface area contributed by atoms with Gasteiger partial charge in [0.25, 0.3) is 0 Å². The molecule has 1 amide bonds. The summed E-state index contributed by atoms with van der Waals surface area (Å²) in [5.41, 5.74) is 0. The van der Waals surface area contributed by atoms with Crippen LogP contribution in [0.2, 0.25) is 0 Å². The molecule has 0 aromatic carbocycles. The lowest BCUT2D eigenvalue weighted by Crippen LogP contribution is -2.50. The van der Waals surface area contributed by atoms with Gasteiger partial charge < -0.3 is 20.1 Å². The predicted molar refractivity (Wildman–Crippen MR) is 113 cm³/mol. The molecule has 14 heteroatoms. The van der Waals surface area contributed by atoms with E-state index in [9.17, 15) is 24.3 Å². The third-order valence-corrected chi connectivity index (χ3v) is 5.00. The van der Waals surface area contributed by atoms with E-state index >= 15 is 0 Å². The largest absolute Gasteiger partial charge is 0.480 e. The lowest BCUT2D eigenvalue weighted by molar-refractivity contribution is -0.147. The van der Waals surface area contributed by atoms with Crippen LogP contribution in [0.3, 0.4) is 0 Å². The van der Waals surface area contributed by atoms with Gasteiger partial charge >= 0.3 is 17.9 Å². The van der Waals surface area contributed by atoms with Gasteiger partial charge in [-0.2, -0.15) is 11.8 Å². The monoisotopic (exact) mass is 461 g/mol. The highest BCUT2D eigenvalue weighted by Crippen LogP contribution is 2.02. The smallest absolute Gasteiger partial charge is 0.338 e. The molecular weight excluding hydrogens is 426 g/mol. The molecule has 0 aliphatic carbocycles. The van der Waals surface area contributed by atoms with Crippen molar-refractivity contribution in [3.05, 3.63) is 0 Å². The van der Waals surface area contributed by atoms with Gasteiger partial charge in [-0.05, 0) is 6.92 Å². The Morgan fingerprint density at radius 2 is 1.06 bits per heavy atom. The number of carboxylic acid groups (broad SMARTS) is 1. The van der Waals surface area contributed by atoms with Crippen molar-refractivity contribution in [1.82, 2.24) is 24.9 Å². The van der Waals surface area contributed by atoms with Crippen LogP contribution in [0.5, 0.6) is 0 Å². The van der Waals surface area contributed by atoms with Crippen molar-refractivity contribution < 1.29 is 34.0 Å². The summed E-state index contributed by atoms with van der Waals surface area (Å²) in [6, 6.07) is 0. The van der Waals surface area contributed by atoms with Gasteiger partial charge in [-0.15, -0.1) is 0 Å². The topological polar surface area (TPSA) is 184 Å². The Morgan fingerprint density at radius 3 is 1.38 bits per heavy atom. The zero-order valence-electron chi connectivity index (χ0n) is 18.5. The molecule has 0 atom stereocenters. The van der Waals surface area contributed by atoms with Crippen LogP contribution in [0.4, 0.5) is 0 Å². The summed E-state index contributed by atoms with van der Waals surface area (Å²) in [5.74, 6) is 7.60. The number of carbonyl (C=O) groups excluding carboxylic acids is 3. The lowest BCUT2D eigenvalue weighted by atomic mass is 10.3. The minimum absolute atomic E-state index is 0.0498. The van der Waals surface area contributed by atoms with E-state index in [-0.39, 0.29) is 32.1 Å². The maximum Gasteiger partial charge on any atom is 0.338 e. The molecule has 14 nitrogen and oxygen atoms in total. The normalized spacial score (nSPS) is 18.2. The second-order valence-corrected chi connectivity index (χ2v) is 7.43. The Balaban J connectivity index is 2.97. The molecule has 0 radical (unpaired) electrons. The van der Waals surface area contributed by atoms with Gasteiger partial charge in [-0.25, -0.2) is 9.59 Å². The van der Waals surface area contributed by atoms with Gasteiger partial charge in [-0.1, -0.05) is 0 Å². The number of nitrogens with one attached hydrogen (secondary N) is 1. The maximum atomic E-state index is 12.1. The van der Waals surface area contributed by atoms with Crippen molar-refractivity contribution in [3.63, 3.8) is 0 Å². The fourth-order valence-corrected chi connectivity index (χ4v) is 3.30. The van der Waals surface area contributed by atoms with Crippen LogP contribution < -0.4 is 17.1 Å². The lowest BCUT2D eigenvalue weighted by Gasteiger charge is -2.33. The van der Waals surface area contributed by atoms with E-state index in [2.05, 4.69) is 15.0 Å². The molecule has 1 rings (SSSR count). The van der Waals surface area contributed by atoms with Gasteiger partial charge in [0.05, 0.1) is 26.2 Å². The summed E-state index contributed by atoms with van der Waals surface area (Å²) in [4.78, 5) is 62.6.